The van der Waals surface area contributed by atoms with Gasteiger partial charge in [0, 0.05) is 23.7 Å². The molecule has 3 rings (SSSR count). The molecule has 2 aromatic rings. The van der Waals surface area contributed by atoms with Crippen LogP contribution in [0.1, 0.15) is 23.7 Å². The van der Waals surface area contributed by atoms with Gasteiger partial charge in [-0.15, -0.1) is 0 Å². The smallest absolute Gasteiger partial charge is 0.142 e. The summed E-state index contributed by atoms with van der Waals surface area (Å²) >= 11 is 0. The van der Waals surface area contributed by atoms with Gasteiger partial charge in [0.2, 0.25) is 0 Å². The Hall–Kier alpha value is -1.48. The van der Waals surface area contributed by atoms with Crippen LogP contribution in [0.15, 0.2) is 12.1 Å². The van der Waals surface area contributed by atoms with Crippen molar-refractivity contribution in [3.8, 4) is 5.75 Å². The Morgan fingerprint density at radius 2 is 2.18 bits per heavy atom. The molecule has 1 aromatic heterocycles. The van der Waals surface area contributed by atoms with E-state index in [9.17, 15) is 0 Å². The van der Waals surface area contributed by atoms with Gasteiger partial charge in [-0.25, -0.2) is 0 Å². The van der Waals surface area contributed by atoms with Gasteiger partial charge >= 0.3 is 0 Å². The zero-order chi connectivity index (χ0) is 12.0. The summed E-state index contributed by atoms with van der Waals surface area (Å²) in [4.78, 5) is 3.51. The monoisotopic (exact) mass is 230 g/mol. The molecule has 1 atom stereocenters. The molecular formula is C14H18N2O. The van der Waals surface area contributed by atoms with Gasteiger partial charge in [-0.1, -0.05) is 6.07 Å². The zero-order valence-corrected chi connectivity index (χ0v) is 10.6. The van der Waals surface area contributed by atoms with E-state index in [0.717, 1.165) is 24.2 Å². The van der Waals surface area contributed by atoms with E-state index in [1.165, 1.54) is 22.2 Å². The number of ether oxygens (including phenoxy) is 1. The topological polar surface area (TPSA) is 37.0 Å². The fourth-order valence-electron chi connectivity index (χ4n) is 2.78. The van der Waals surface area contributed by atoms with Crippen LogP contribution in [0, 0.1) is 6.92 Å². The van der Waals surface area contributed by atoms with Crippen LogP contribution in [0.3, 0.4) is 0 Å². The largest absolute Gasteiger partial charge is 0.495 e. The molecule has 0 amide bonds. The highest BCUT2D eigenvalue weighted by atomic mass is 16.5. The molecule has 17 heavy (non-hydrogen) atoms. The summed E-state index contributed by atoms with van der Waals surface area (Å²) in [5.74, 6) is 0.938. The number of benzene rings is 1. The van der Waals surface area contributed by atoms with E-state index in [1.807, 2.05) is 6.07 Å². The summed E-state index contributed by atoms with van der Waals surface area (Å²) < 4.78 is 5.44. The van der Waals surface area contributed by atoms with Crippen LogP contribution in [-0.2, 0) is 13.0 Å². The number of aromatic nitrogens is 1. The summed E-state index contributed by atoms with van der Waals surface area (Å²) in [5.41, 5.74) is 5.24. The Balaban J connectivity index is 2.31. The number of fused-ring (bicyclic) bond motifs is 3. The van der Waals surface area contributed by atoms with Crippen LogP contribution < -0.4 is 10.1 Å². The third kappa shape index (κ3) is 1.53. The third-order valence-electron chi connectivity index (χ3n) is 3.67. The molecule has 0 saturated heterocycles. The summed E-state index contributed by atoms with van der Waals surface area (Å²) in [5, 5.41) is 4.84. The highest BCUT2D eigenvalue weighted by molar-refractivity contribution is 5.92. The Morgan fingerprint density at radius 1 is 1.35 bits per heavy atom. The predicted molar refractivity (Wildman–Crippen MR) is 69.6 cm³/mol. The number of nitrogens with one attached hydrogen (secondary N) is 2. The maximum absolute atomic E-state index is 5.44. The lowest BCUT2D eigenvalue weighted by Gasteiger charge is -2.20. The maximum atomic E-state index is 5.44. The molecule has 0 radical (unpaired) electrons. The van der Waals surface area contributed by atoms with Crippen LogP contribution in [0.2, 0.25) is 0 Å². The average molecular weight is 230 g/mol. The van der Waals surface area contributed by atoms with Crippen LogP contribution in [0.4, 0.5) is 0 Å². The quantitative estimate of drug-likeness (QED) is 0.790. The fraction of sp³-hybridized carbons (Fsp3) is 0.429. The van der Waals surface area contributed by atoms with E-state index in [4.69, 9.17) is 4.74 Å². The normalized spacial score (nSPS) is 19.4. The Morgan fingerprint density at radius 3 is 2.94 bits per heavy atom. The number of methoxy groups -OCH3 is 1. The van der Waals surface area contributed by atoms with E-state index >= 15 is 0 Å². The van der Waals surface area contributed by atoms with Crippen molar-refractivity contribution < 1.29 is 4.74 Å². The van der Waals surface area contributed by atoms with Crippen molar-refractivity contribution in [3.05, 3.63) is 29.0 Å². The van der Waals surface area contributed by atoms with E-state index < -0.39 is 0 Å². The minimum absolute atomic E-state index is 0.548. The van der Waals surface area contributed by atoms with Crippen molar-refractivity contribution in [2.45, 2.75) is 32.9 Å². The second kappa shape index (κ2) is 3.77. The first-order valence-electron chi connectivity index (χ1n) is 6.11. The van der Waals surface area contributed by atoms with Gasteiger partial charge < -0.3 is 15.0 Å². The summed E-state index contributed by atoms with van der Waals surface area (Å²) in [6, 6.07) is 4.73. The van der Waals surface area contributed by atoms with Crippen molar-refractivity contribution in [2.75, 3.05) is 7.11 Å². The first-order valence-corrected chi connectivity index (χ1v) is 6.11. The molecule has 1 aromatic carbocycles. The number of aryl methyl sites for hydroxylation is 1. The number of H-pyrrole nitrogens is 1. The second-order valence-electron chi connectivity index (χ2n) is 4.90. The average Bonchev–Trinajstić information content (AvgIpc) is 2.69. The molecule has 2 N–H and O–H groups in total. The third-order valence-corrected chi connectivity index (χ3v) is 3.67. The van der Waals surface area contributed by atoms with Crippen molar-refractivity contribution in [2.24, 2.45) is 0 Å². The van der Waals surface area contributed by atoms with Crippen molar-refractivity contribution in [3.63, 3.8) is 0 Å². The van der Waals surface area contributed by atoms with E-state index in [-0.39, 0.29) is 0 Å². The molecule has 3 nitrogen and oxygen atoms in total. The van der Waals surface area contributed by atoms with Gasteiger partial charge in [0.25, 0.3) is 0 Å². The van der Waals surface area contributed by atoms with Gasteiger partial charge in [0.05, 0.1) is 12.6 Å². The van der Waals surface area contributed by atoms with Crippen LogP contribution in [-0.4, -0.2) is 18.1 Å². The van der Waals surface area contributed by atoms with Crippen LogP contribution >= 0.6 is 0 Å². The SMILES string of the molecule is COc1ccc(C)c2c3c([nH]c12)CNC(C)C3. The molecule has 3 heteroatoms. The van der Waals surface area contributed by atoms with Gasteiger partial charge in [0.15, 0.2) is 0 Å². The maximum Gasteiger partial charge on any atom is 0.142 e. The Bertz CT molecular complexity index is 571. The summed E-state index contributed by atoms with van der Waals surface area (Å²) in [6.45, 7) is 5.33. The van der Waals surface area contributed by atoms with E-state index in [2.05, 4.69) is 30.2 Å². The molecule has 1 unspecified atom stereocenters. The lowest BCUT2D eigenvalue weighted by molar-refractivity contribution is 0.419. The Kier molecular flexibility index (Phi) is 2.37. The number of hydrogen-bond acceptors (Lipinski definition) is 2. The van der Waals surface area contributed by atoms with E-state index in [0.29, 0.717) is 6.04 Å². The molecule has 0 spiro atoms. The van der Waals surface area contributed by atoms with Crippen molar-refractivity contribution in [1.29, 1.82) is 0 Å². The molecule has 0 bridgehead atoms. The Labute approximate surface area is 101 Å². The molecular weight excluding hydrogens is 212 g/mol. The number of rotatable bonds is 1. The standard InChI is InChI=1S/C14H18N2O/c1-8-4-5-12(17-3)14-13(8)10-6-9(2)15-7-11(10)16-14/h4-5,9,15-16H,6-7H2,1-3H3. The second-order valence-corrected chi connectivity index (χ2v) is 4.90. The molecule has 1 aliphatic rings. The lowest BCUT2D eigenvalue weighted by atomic mass is 9.97. The van der Waals surface area contributed by atoms with Gasteiger partial charge in [-0.3, -0.25) is 0 Å². The first kappa shape index (κ1) is 10.7. The van der Waals surface area contributed by atoms with E-state index in [1.54, 1.807) is 7.11 Å². The summed E-state index contributed by atoms with van der Waals surface area (Å²) in [6.07, 6.45) is 1.09. The van der Waals surface area contributed by atoms with Crippen molar-refractivity contribution in [1.82, 2.24) is 10.3 Å². The highest BCUT2D eigenvalue weighted by Crippen LogP contribution is 2.34. The predicted octanol–water partition coefficient (Wildman–Crippen LogP) is 2.52. The molecule has 1 aliphatic heterocycles. The zero-order valence-electron chi connectivity index (χ0n) is 10.6. The number of aromatic amines is 1. The molecule has 0 saturated carbocycles. The van der Waals surface area contributed by atoms with Crippen LogP contribution in [0.5, 0.6) is 5.75 Å². The van der Waals surface area contributed by atoms with Crippen LogP contribution in [0.25, 0.3) is 10.9 Å². The minimum atomic E-state index is 0.548. The molecule has 90 valence electrons. The van der Waals surface area contributed by atoms with Gasteiger partial charge in [0.1, 0.15) is 5.75 Å². The molecule has 0 aliphatic carbocycles. The highest BCUT2D eigenvalue weighted by Gasteiger charge is 2.21. The fourth-order valence-corrected chi connectivity index (χ4v) is 2.78. The van der Waals surface area contributed by atoms with Gasteiger partial charge in [-0.2, -0.15) is 0 Å². The molecule has 0 fully saturated rings. The molecule has 2 heterocycles. The minimum Gasteiger partial charge on any atom is -0.495 e. The van der Waals surface area contributed by atoms with Crippen molar-refractivity contribution >= 4 is 10.9 Å². The lowest BCUT2D eigenvalue weighted by Crippen LogP contribution is -2.32. The number of hydrogen-bond donors (Lipinski definition) is 2. The summed E-state index contributed by atoms with van der Waals surface area (Å²) in [7, 11) is 1.73. The first-order chi connectivity index (χ1) is 8.20. The van der Waals surface area contributed by atoms with Gasteiger partial charge in [-0.05, 0) is 37.5 Å².